The minimum Gasteiger partial charge on any atom is -0.480 e. The van der Waals surface area contributed by atoms with Crippen LogP contribution in [0.4, 0.5) is 0 Å². The van der Waals surface area contributed by atoms with Crippen molar-refractivity contribution in [3.8, 4) is 0 Å². The van der Waals surface area contributed by atoms with Gasteiger partial charge in [0.1, 0.15) is 6.04 Å². The lowest BCUT2D eigenvalue weighted by Crippen LogP contribution is -2.42. The van der Waals surface area contributed by atoms with Gasteiger partial charge in [-0.05, 0) is 40.4 Å². The van der Waals surface area contributed by atoms with Crippen LogP contribution < -0.4 is 0 Å². The average molecular weight is 312 g/mol. The molecule has 2 unspecified atom stereocenters. The summed E-state index contributed by atoms with van der Waals surface area (Å²) in [6, 6.07) is 6.36. The second-order valence-corrected chi connectivity index (χ2v) is 5.38. The molecule has 96 valence electrons. The number of carboxylic acids is 1. The molecule has 0 radical (unpaired) electrons. The van der Waals surface area contributed by atoms with Crippen molar-refractivity contribution in [3.05, 3.63) is 34.3 Å². The monoisotopic (exact) mass is 311 g/mol. The topological polar surface area (TPSA) is 57.6 Å². The number of carbonyl (C=O) groups excluding carboxylic acids is 1. The smallest absolute Gasteiger partial charge is 0.326 e. The number of nitrogens with zero attached hydrogens (tertiary/aromatic N) is 1. The summed E-state index contributed by atoms with van der Waals surface area (Å²) in [5.41, 5.74) is 0.512. The molecule has 0 aliphatic carbocycles. The van der Waals surface area contributed by atoms with Crippen molar-refractivity contribution in [1.82, 2.24) is 4.90 Å². The van der Waals surface area contributed by atoms with E-state index in [2.05, 4.69) is 15.9 Å². The molecule has 1 aliphatic heterocycles. The van der Waals surface area contributed by atoms with Crippen LogP contribution in [0.5, 0.6) is 0 Å². The van der Waals surface area contributed by atoms with Gasteiger partial charge < -0.3 is 10.0 Å². The van der Waals surface area contributed by atoms with E-state index in [0.717, 1.165) is 6.42 Å². The maximum absolute atomic E-state index is 12.4. The van der Waals surface area contributed by atoms with Crippen LogP contribution in [-0.2, 0) is 4.79 Å². The normalized spacial score (nSPS) is 23.1. The Morgan fingerprint density at radius 3 is 2.67 bits per heavy atom. The van der Waals surface area contributed by atoms with Gasteiger partial charge in [0.25, 0.3) is 5.91 Å². The van der Waals surface area contributed by atoms with Crippen molar-refractivity contribution in [1.29, 1.82) is 0 Å². The van der Waals surface area contributed by atoms with E-state index in [4.69, 9.17) is 0 Å². The zero-order chi connectivity index (χ0) is 13.3. The standard InChI is InChI=1S/C13H14BrNO3/c1-8-6-7-15(11(8)13(17)18)12(16)9-4-2-3-5-10(9)14/h2-5,8,11H,6-7H2,1H3,(H,17,18). The number of amides is 1. The van der Waals surface area contributed by atoms with E-state index in [9.17, 15) is 14.7 Å². The van der Waals surface area contributed by atoms with Crippen molar-refractivity contribution in [3.63, 3.8) is 0 Å². The summed E-state index contributed by atoms with van der Waals surface area (Å²) in [7, 11) is 0. The highest BCUT2D eigenvalue weighted by Crippen LogP contribution is 2.27. The van der Waals surface area contributed by atoms with Gasteiger partial charge in [0.05, 0.1) is 5.56 Å². The Morgan fingerprint density at radius 1 is 1.39 bits per heavy atom. The first kappa shape index (κ1) is 13.1. The quantitative estimate of drug-likeness (QED) is 0.912. The number of hydrogen-bond acceptors (Lipinski definition) is 2. The summed E-state index contributed by atoms with van der Waals surface area (Å²) in [6.07, 6.45) is 0.729. The highest BCUT2D eigenvalue weighted by molar-refractivity contribution is 9.10. The van der Waals surface area contributed by atoms with Crippen LogP contribution in [0.1, 0.15) is 23.7 Å². The number of halogens is 1. The fourth-order valence-electron chi connectivity index (χ4n) is 2.34. The Balaban J connectivity index is 2.29. The second kappa shape index (κ2) is 5.10. The van der Waals surface area contributed by atoms with Gasteiger partial charge in [-0.3, -0.25) is 4.79 Å². The van der Waals surface area contributed by atoms with E-state index in [0.29, 0.717) is 16.6 Å². The molecule has 1 aliphatic rings. The number of likely N-dealkylation sites (tertiary alicyclic amines) is 1. The average Bonchev–Trinajstić information content (AvgIpc) is 2.71. The molecule has 2 atom stereocenters. The predicted molar refractivity (Wildman–Crippen MR) is 70.4 cm³/mol. The van der Waals surface area contributed by atoms with Crippen LogP contribution in [0.3, 0.4) is 0 Å². The molecular weight excluding hydrogens is 298 g/mol. The molecular formula is C13H14BrNO3. The molecule has 0 saturated carbocycles. The summed E-state index contributed by atoms with van der Waals surface area (Å²) >= 11 is 3.32. The second-order valence-electron chi connectivity index (χ2n) is 4.53. The minimum atomic E-state index is -0.930. The molecule has 1 saturated heterocycles. The summed E-state index contributed by atoms with van der Waals surface area (Å²) in [4.78, 5) is 25.0. The molecule has 5 heteroatoms. The van der Waals surface area contributed by atoms with E-state index in [1.165, 1.54) is 4.90 Å². The minimum absolute atomic E-state index is 0.00561. The Kier molecular flexibility index (Phi) is 3.71. The highest BCUT2D eigenvalue weighted by atomic mass is 79.9. The number of hydrogen-bond donors (Lipinski definition) is 1. The highest BCUT2D eigenvalue weighted by Gasteiger charge is 2.40. The molecule has 1 fully saturated rings. The van der Waals surface area contributed by atoms with Gasteiger partial charge in [-0.2, -0.15) is 0 Å². The third kappa shape index (κ3) is 2.27. The van der Waals surface area contributed by atoms with E-state index < -0.39 is 12.0 Å². The van der Waals surface area contributed by atoms with Gasteiger partial charge in [-0.25, -0.2) is 4.79 Å². The van der Waals surface area contributed by atoms with Crippen molar-refractivity contribution in [2.45, 2.75) is 19.4 Å². The SMILES string of the molecule is CC1CCN(C(=O)c2ccccc2Br)C1C(=O)O. The van der Waals surface area contributed by atoms with Crippen LogP contribution in [0.15, 0.2) is 28.7 Å². The summed E-state index contributed by atoms with van der Waals surface area (Å²) in [5.74, 6) is -1.16. The van der Waals surface area contributed by atoms with Crippen LogP contribution in [0.25, 0.3) is 0 Å². The fraction of sp³-hybridized carbons (Fsp3) is 0.385. The van der Waals surface area contributed by atoms with Crippen molar-refractivity contribution in [2.24, 2.45) is 5.92 Å². The molecule has 4 nitrogen and oxygen atoms in total. The molecule has 0 bridgehead atoms. The van der Waals surface area contributed by atoms with Crippen LogP contribution in [-0.4, -0.2) is 34.5 Å². The first-order chi connectivity index (χ1) is 8.52. The molecule has 1 aromatic carbocycles. The molecule has 18 heavy (non-hydrogen) atoms. The molecule has 1 N–H and O–H groups in total. The van der Waals surface area contributed by atoms with Gasteiger partial charge >= 0.3 is 5.97 Å². The predicted octanol–water partition coefficient (Wildman–Crippen LogP) is 2.38. The summed E-state index contributed by atoms with van der Waals surface area (Å²) < 4.78 is 0.693. The first-order valence-electron chi connectivity index (χ1n) is 5.80. The van der Waals surface area contributed by atoms with E-state index in [1.54, 1.807) is 18.2 Å². The number of carboxylic acid groups (broad SMARTS) is 1. The largest absolute Gasteiger partial charge is 0.480 e. The van der Waals surface area contributed by atoms with Gasteiger partial charge in [0.15, 0.2) is 0 Å². The summed E-state index contributed by atoms with van der Waals surface area (Å²) in [6.45, 7) is 2.37. The van der Waals surface area contributed by atoms with Crippen LogP contribution >= 0.6 is 15.9 Å². The van der Waals surface area contributed by atoms with Gasteiger partial charge in [-0.15, -0.1) is 0 Å². The van der Waals surface area contributed by atoms with Gasteiger partial charge in [0.2, 0.25) is 0 Å². The zero-order valence-electron chi connectivity index (χ0n) is 9.97. The maximum atomic E-state index is 12.4. The summed E-state index contributed by atoms with van der Waals surface area (Å²) in [5, 5.41) is 9.21. The number of aliphatic carboxylic acids is 1. The Labute approximate surface area is 114 Å². The number of benzene rings is 1. The Bertz CT molecular complexity index is 489. The van der Waals surface area contributed by atoms with Crippen LogP contribution in [0.2, 0.25) is 0 Å². The molecule has 0 aromatic heterocycles. The van der Waals surface area contributed by atoms with E-state index in [-0.39, 0.29) is 11.8 Å². The van der Waals surface area contributed by atoms with Crippen molar-refractivity contribution >= 4 is 27.8 Å². The van der Waals surface area contributed by atoms with Crippen molar-refractivity contribution < 1.29 is 14.7 Å². The molecule has 0 spiro atoms. The van der Waals surface area contributed by atoms with E-state index >= 15 is 0 Å². The number of carbonyl (C=O) groups is 2. The zero-order valence-corrected chi connectivity index (χ0v) is 11.6. The Morgan fingerprint density at radius 2 is 2.06 bits per heavy atom. The van der Waals surface area contributed by atoms with Crippen molar-refractivity contribution in [2.75, 3.05) is 6.54 Å². The Hall–Kier alpha value is -1.36. The van der Waals surface area contributed by atoms with Crippen LogP contribution in [0, 0.1) is 5.92 Å². The molecule has 1 amide bonds. The molecule has 2 rings (SSSR count). The third-order valence-corrected chi connectivity index (χ3v) is 4.01. The molecule has 1 heterocycles. The van der Waals surface area contributed by atoms with Gasteiger partial charge in [-0.1, -0.05) is 19.1 Å². The first-order valence-corrected chi connectivity index (χ1v) is 6.60. The lowest BCUT2D eigenvalue weighted by atomic mass is 10.0. The molecule has 1 aromatic rings. The van der Waals surface area contributed by atoms with E-state index in [1.807, 2.05) is 13.0 Å². The fourth-order valence-corrected chi connectivity index (χ4v) is 2.80. The number of rotatable bonds is 2. The lowest BCUT2D eigenvalue weighted by molar-refractivity contribution is -0.142. The maximum Gasteiger partial charge on any atom is 0.326 e. The lowest BCUT2D eigenvalue weighted by Gasteiger charge is -2.23. The third-order valence-electron chi connectivity index (χ3n) is 3.32. The van der Waals surface area contributed by atoms with Gasteiger partial charge in [0, 0.05) is 11.0 Å².